The minimum Gasteiger partial charge on any atom is -0.463 e. The highest BCUT2D eigenvalue weighted by Gasteiger charge is 2.57. The maximum Gasteiger partial charge on any atom is 0.333 e. The molecule has 2 saturated heterocycles. The summed E-state index contributed by atoms with van der Waals surface area (Å²) in [4.78, 5) is 26.2. The van der Waals surface area contributed by atoms with Crippen LogP contribution in [0.1, 0.15) is 38.2 Å². The number of fused-ring (bicyclic) bond motifs is 2. The molecule has 5 rings (SSSR count). The molecule has 9 nitrogen and oxygen atoms in total. The van der Waals surface area contributed by atoms with Gasteiger partial charge in [0.1, 0.15) is 23.9 Å². The Labute approximate surface area is 249 Å². The van der Waals surface area contributed by atoms with Crippen LogP contribution in [0.3, 0.4) is 0 Å². The minimum absolute atomic E-state index is 0.0509. The van der Waals surface area contributed by atoms with Crippen molar-refractivity contribution in [1.29, 1.82) is 0 Å². The summed E-state index contributed by atoms with van der Waals surface area (Å²) < 4.78 is 65.3. The first-order chi connectivity index (χ1) is 20.7. The van der Waals surface area contributed by atoms with Crippen LogP contribution in [-0.4, -0.2) is 49.0 Å². The van der Waals surface area contributed by atoms with Gasteiger partial charge in [-0.1, -0.05) is 30.3 Å². The molecule has 0 aromatic heterocycles. The van der Waals surface area contributed by atoms with Crippen molar-refractivity contribution in [1.82, 2.24) is 4.31 Å². The zero-order valence-corrected chi connectivity index (χ0v) is 24.4. The second-order valence-electron chi connectivity index (χ2n) is 10.4. The molecule has 2 unspecified atom stereocenters. The SMILES string of the molecule is CCOC(=O)/C=C/N(C1(C(=O)OCc2ccccc2)CC2CCC(C1)O2)S(=O)(=O)c1ccc(Oc2ccc(F)cc2)cc1. The van der Waals surface area contributed by atoms with Crippen LogP contribution in [0.5, 0.6) is 11.5 Å². The van der Waals surface area contributed by atoms with Crippen LogP contribution in [-0.2, 0) is 40.4 Å². The van der Waals surface area contributed by atoms with Crippen molar-refractivity contribution in [2.24, 2.45) is 0 Å². The number of carbonyl (C=O) groups excluding carboxylic acids is 2. The Morgan fingerprint density at radius 2 is 1.53 bits per heavy atom. The molecule has 3 aromatic rings. The van der Waals surface area contributed by atoms with Gasteiger partial charge in [0.15, 0.2) is 5.54 Å². The number of ether oxygens (including phenoxy) is 4. The normalized spacial score (nSPS) is 21.3. The van der Waals surface area contributed by atoms with Crippen LogP contribution in [0.15, 0.2) is 96.0 Å². The Morgan fingerprint density at radius 3 is 2.14 bits per heavy atom. The molecule has 0 spiro atoms. The lowest BCUT2D eigenvalue weighted by atomic mass is 9.86. The zero-order chi connectivity index (χ0) is 30.5. The molecule has 43 heavy (non-hydrogen) atoms. The third-order valence-electron chi connectivity index (χ3n) is 7.40. The largest absolute Gasteiger partial charge is 0.463 e. The van der Waals surface area contributed by atoms with Crippen molar-refractivity contribution in [3.63, 3.8) is 0 Å². The van der Waals surface area contributed by atoms with Crippen LogP contribution in [0.2, 0.25) is 0 Å². The predicted molar refractivity (Wildman–Crippen MR) is 154 cm³/mol. The lowest BCUT2D eigenvalue weighted by Crippen LogP contribution is -2.60. The van der Waals surface area contributed by atoms with Crippen molar-refractivity contribution in [3.05, 3.63) is 103 Å². The number of sulfonamides is 1. The lowest BCUT2D eigenvalue weighted by Gasteiger charge is -2.44. The quantitative estimate of drug-likeness (QED) is 0.207. The molecule has 2 fully saturated rings. The fourth-order valence-corrected chi connectivity index (χ4v) is 7.03. The first-order valence-electron chi connectivity index (χ1n) is 14.0. The maximum absolute atomic E-state index is 14.3. The van der Waals surface area contributed by atoms with Gasteiger partial charge >= 0.3 is 11.9 Å². The molecule has 0 N–H and O–H groups in total. The van der Waals surface area contributed by atoms with Crippen LogP contribution in [0.25, 0.3) is 0 Å². The van der Waals surface area contributed by atoms with Crippen LogP contribution >= 0.6 is 0 Å². The van der Waals surface area contributed by atoms with E-state index in [0.717, 1.165) is 22.1 Å². The molecular weight excluding hydrogens is 577 g/mol. The molecule has 0 radical (unpaired) electrons. The van der Waals surface area contributed by atoms with Gasteiger partial charge in [-0.3, -0.25) is 4.31 Å². The number of nitrogens with zero attached hydrogens (tertiary/aromatic N) is 1. The van der Waals surface area contributed by atoms with Gasteiger partial charge in [-0.05, 0) is 73.9 Å². The van der Waals surface area contributed by atoms with E-state index in [1.807, 2.05) is 18.2 Å². The predicted octanol–water partition coefficient (Wildman–Crippen LogP) is 5.51. The van der Waals surface area contributed by atoms with E-state index < -0.39 is 33.3 Å². The van der Waals surface area contributed by atoms with E-state index in [-0.39, 0.29) is 43.2 Å². The Kier molecular flexibility index (Phi) is 9.12. The average molecular weight is 610 g/mol. The standard InChI is InChI=1S/C32H32FNO8S/c1-2-39-30(35)18-19-34(43(37,38)29-16-14-26(15-17-29)41-25-10-8-24(33)9-11-25)32(20-27-12-13-28(21-32)42-27)31(36)40-22-23-6-4-3-5-7-23/h3-11,14-19,27-28H,2,12-13,20-22H2,1H3/b19-18+. The Morgan fingerprint density at radius 1 is 0.930 bits per heavy atom. The molecule has 2 heterocycles. The van der Waals surface area contributed by atoms with E-state index in [4.69, 9.17) is 18.9 Å². The number of rotatable bonds is 11. The molecule has 0 aliphatic carbocycles. The fourth-order valence-electron chi connectivity index (χ4n) is 5.41. The van der Waals surface area contributed by atoms with Crippen molar-refractivity contribution in [2.75, 3.05) is 6.61 Å². The topological polar surface area (TPSA) is 108 Å². The molecule has 2 atom stereocenters. The van der Waals surface area contributed by atoms with Crippen molar-refractivity contribution in [2.45, 2.75) is 61.9 Å². The zero-order valence-electron chi connectivity index (χ0n) is 23.6. The molecule has 0 saturated carbocycles. The second kappa shape index (κ2) is 13.0. The number of halogens is 1. The third-order valence-corrected chi connectivity index (χ3v) is 9.26. The monoisotopic (exact) mass is 609 g/mol. The molecule has 0 amide bonds. The number of esters is 2. The summed E-state index contributed by atoms with van der Waals surface area (Å²) in [6.07, 6.45) is 2.81. The van der Waals surface area contributed by atoms with Crippen molar-refractivity contribution in [3.8, 4) is 11.5 Å². The molecule has 11 heteroatoms. The highest BCUT2D eigenvalue weighted by molar-refractivity contribution is 7.89. The second-order valence-corrected chi connectivity index (χ2v) is 12.2. The van der Waals surface area contributed by atoms with Gasteiger partial charge in [-0.2, -0.15) is 0 Å². The van der Waals surface area contributed by atoms with Gasteiger partial charge in [0.25, 0.3) is 10.0 Å². The van der Waals surface area contributed by atoms with Gasteiger partial charge < -0.3 is 18.9 Å². The van der Waals surface area contributed by atoms with E-state index in [9.17, 15) is 22.4 Å². The van der Waals surface area contributed by atoms with Gasteiger partial charge in [0.05, 0.1) is 23.7 Å². The maximum atomic E-state index is 14.3. The van der Waals surface area contributed by atoms with Crippen LogP contribution in [0.4, 0.5) is 4.39 Å². The first-order valence-corrected chi connectivity index (χ1v) is 15.4. The molecule has 3 aromatic carbocycles. The number of hydrogen-bond donors (Lipinski definition) is 0. The summed E-state index contributed by atoms with van der Waals surface area (Å²) in [6.45, 7) is 1.67. The molecule has 2 aliphatic rings. The number of carbonyl (C=O) groups is 2. The Hall–Kier alpha value is -4.22. The summed E-state index contributed by atoms with van der Waals surface area (Å²) >= 11 is 0. The fraction of sp³-hybridized carbons (Fsp3) is 0.312. The molecule has 2 bridgehead atoms. The molecular formula is C32H32FNO8S. The number of hydrogen-bond acceptors (Lipinski definition) is 8. The van der Waals surface area contributed by atoms with Crippen LogP contribution < -0.4 is 4.74 Å². The smallest absolute Gasteiger partial charge is 0.333 e. The number of benzene rings is 3. The van der Waals surface area contributed by atoms with Crippen molar-refractivity contribution >= 4 is 22.0 Å². The van der Waals surface area contributed by atoms with E-state index in [1.54, 1.807) is 19.1 Å². The average Bonchev–Trinajstić information content (AvgIpc) is 3.35. The minimum atomic E-state index is -4.43. The Bertz CT molecular complexity index is 1550. The van der Waals surface area contributed by atoms with Gasteiger partial charge in [0.2, 0.25) is 0 Å². The van der Waals surface area contributed by atoms with E-state index >= 15 is 0 Å². The summed E-state index contributed by atoms with van der Waals surface area (Å²) in [5.41, 5.74) is -0.932. The van der Waals surface area contributed by atoms with E-state index in [1.165, 1.54) is 48.5 Å². The third kappa shape index (κ3) is 6.89. The van der Waals surface area contributed by atoms with Gasteiger partial charge in [-0.15, -0.1) is 0 Å². The van der Waals surface area contributed by atoms with Gasteiger partial charge in [0, 0.05) is 25.1 Å². The van der Waals surface area contributed by atoms with Crippen LogP contribution in [0, 0.1) is 5.82 Å². The van der Waals surface area contributed by atoms with E-state index in [2.05, 4.69) is 0 Å². The highest BCUT2D eigenvalue weighted by atomic mass is 32.2. The highest BCUT2D eigenvalue weighted by Crippen LogP contribution is 2.45. The van der Waals surface area contributed by atoms with Crippen molar-refractivity contribution < 1.29 is 41.3 Å². The summed E-state index contributed by atoms with van der Waals surface area (Å²) in [5.74, 6) is -1.21. The molecule has 226 valence electrons. The summed E-state index contributed by atoms with van der Waals surface area (Å²) in [7, 11) is -4.43. The summed E-state index contributed by atoms with van der Waals surface area (Å²) in [5, 5.41) is 0. The summed E-state index contributed by atoms with van der Waals surface area (Å²) in [6, 6.07) is 20.1. The lowest BCUT2D eigenvalue weighted by molar-refractivity contribution is -0.165. The Balaban J connectivity index is 1.50. The van der Waals surface area contributed by atoms with Gasteiger partial charge in [-0.25, -0.2) is 22.4 Å². The molecule has 2 aliphatic heterocycles. The first kappa shape index (κ1) is 30.2. The van der Waals surface area contributed by atoms with E-state index in [0.29, 0.717) is 24.3 Å².